The lowest BCUT2D eigenvalue weighted by atomic mass is 10.2. The highest BCUT2D eigenvalue weighted by molar-refractivity contribution is 6.09. The molecule has 0 bridgehead atoms. The molecule has 3 aromatic rings. The standard InChI is InChI=1S/C17H17N5O4/c1-4-26-12-5-6-14(15(8-12)22(24)25)20-17(23)13-9-18-21-11(3)7-10(2)19-16(13)21/h5-9H,4H2,1-3H3,(H,20,23). The molecule has 134 valence electrons. The number of anilines is 1. The Morgan fingerprint density at radius 2 is 2.12 bits per heavy atom. The van der Waals surface area contributed by atoms with Crippen molar-refractivity contribution < 1.29 is 14.5 Å². The molecule has 9 heteroatoms. The van der Waals surface area contributed by atoms with Crippen LogP contribution in [-0.2, 0) is 0 Å². The third kappa shape index (κ3) is 3.18. The molecule has 0 unspecified atom stereocenters. The lowest BCUT2D eigenvalue weighted by Crippen LogP contribution is -2.13. The molecular weight excluding hydrogens is 338 g/mol. The van der Waals surface area contributed by atoms with E-state index in [1.165, 1.54) is 18.3 Å². The van der Waals surface area contributed by atoms with E-state index in [1.807, 2.05) is 19.9 Å². The van der Waals surface area contributed by atoms with Crippen LogP contribution in [0, 0.1) is 24.0 Å². The fraction of sp³-hybridized carbons (Fsp3) is 0.235. The number of ether oxygens (including phenoxy) is 1. The maximum absolute atomic E-state index is 12.6. The highest BCUT2D eigenvalue weighted by Crippen LogP contribution is 2.29. The van der Waals surface area contributed by atoms with Crippen molar-refractivity contribution in [3.8, 4) is 5.75 Å². The van der Waals surface area contributed by atoms with Crippen molar-refractivity contribution in [2.45, 2.75) is 20.8 Å². The molecule has 0 atom stereocenters. The Kier molecular flexibility index (Phi) is 4.53. The molecule has 26 heavy (non-hydrogen) atoms. The summed E-state index contributed by atoms with van der Waals surface area (Å²) in [6, 6.07) is 6.13. The minimum Gasteiger partial charge on any atom is -0.494 e. The molecule has 2 heterocycles. The SMILES string of the molecule is CCOc1ccc(NC(=O)c2cnn3c(C)cc(C)nc23)c([N+](=O)[O-])c1. The quantitative estimate of drug-likeness (QED) is 0.556. The highest BCUT2D eigenvalue weighted by Gasteiger charge is 2.21. The summed E-state index contributed by atoms with van der Waals surface area (Å²) in [6.45, 7) is 5.84. The number of hydrogen-bond donors (Lipinski definition) is 1. The van der Waals surface area contributed by atoms with Gasteiger partial charge in [-0.25, -0.2) is 9.50 Å². The number of carbonyl (C=O) groups is 1. The van der Waals surface area contributed by atoms with E-state index in [9.17, 15) is 14.9 Å². The number of amides is 1. The first kappa shape index (κ1) is 17.3. The van der Waals surface area contributed by atoms with E-state index < -0.39 is 10.8 Å². The molecule has 0 fully saturated rings. The molecule has 2 aromatic heterocycles. The van der Waals surface area contributed by atoms with Crippen LogP contribution < -0.4 is 10.1 Å². The maximum atomic E-state index is 12.6. The van der Waals surface area contributed by atoms with Gasteiger partial charge in [-0.05, 0) is 39.0 Å². The number of nitro benzene ring substituents is 1. The normalized spacial score (nSPS) is 10.7. The van der Waals surface area contributed by atoms with Crippen molar-refractivity contribution in [2.75, 3.05) is 11.9 Å². The highest BCUT2D eigenvalue weighted by atomic mass is 16.6. The molecule has 0 aliphatic heterocycles. The minimum absolute atomic E-state index is 0.0761. The number of nitrogens with zero attached hydrogens (tertiary/aromatic N) is 4. The molecule has 0 aliphatic rings. The number of aryl methyl sites for hydroxylation is 2. The van der Waals surface area contributed by atoms with E-state index in [0.29, 0.717) is 18.0 Å². The van der Waals surface area contributed by atoms with Crippen LogP contribution in [0.1, 0.15) is 28.7 Å². The Bertz CT molecular complexity index is 1010. The molecule has 0 saturated carbocycles. The number of carbonyl (C=O) groups excluding carboxylic acids is 1. The molecule has 0 saturated heterocycles. The average molecular weight is 355 g/mol. The van der Waals surface area contributed by atoms with Crippen LogP contribution >= 0.6 is 0 Å². The van der Waals surface area contributed by atoms with E-state index in [1.54, 1.807) is 17.5 Å². The average Bonchev–Trinajstić information content (AvgIpc) is 3.00. The maximum Gasteiger partial charge on any atom is 0.296 e. The van der Waals surface area contributed by atoms with E-state index in [2.05, 4.69) is 15.4 Å². The number of nitrogens with one attached hydrogen (secondary N) is 1. The predicted octanol–water partition coefficient (Wildman–Crippen LogP) is 2.91. The Morgan fingerprint density at radius 3 is 2.81 bits per heavy atom. The number of rotatable bonds is 5. The fourth-order valence-corrected chi connectivity index (χ4v) is 2.64. The van der Waals surface area contributed by atoms with Crippen molar-refractivity contribution in [1.29, 1.82) is 0 Å². The Morgan fingerprint density at radius 1 is 1.35 bits per heavy atom. The topological polar surface area (TPSA) is 112 Å². The molecule has 9 nitrogen and oxygen atoms in total. The summed E-state index contributed by atoms with van der Waals surface area (Å²) in [5.41, 5.74) is 2.04. The zero-order valence-corrected chi connectivity index (χ0v) is 14.5. The van der Waals surface area contributed by atoms with Gasteiger partial charge < -0.3 is 10.1 Å². The van der Waals surface area contributed by atoms with Crippen LogP contribution in [0.4, 0.5) is 11.4 Å². The Hall–Kier alpha value is -3.49. The largest absolute Gasteiger partial charge is 0.494 e. The number of fused-ring (bicyclic) bond motifs is 1. The summed E-state index contributed by atoms with van der Waals surface area (Å²) in [6.07, 6.45) is 1.39. The zero-order valence-electron chi connectivity index (χ0n) is 14.5. The smallest absolute Gasteiger partial charge is 0.296 e. The molecule has 1 amide bonds. The van der Waals surface area contributed by atoms with Crippen molar-refractivity contribution in [3.05, 3.63) is 57.5 Å². The Balaban J connectivity index is 1.97. The summed E-state index contributed by atoms with van der Waals surface area (Å²) >= 11 is 0. The van der Waals surface area contributed by atoms with E-state index >= 15 is 0 Å². The molecule has 1 aromatic carbocycles. The van der Waals surface area contributed by atoms with E-state index in [-0.39, 0.29) is 16.9 Å². The van der Waals surface area contributed by atoms with E-state index in [4.69, 9.17) is 4.74 Å². The van der Waals surface area contributed by atoms with Gasteiger partial charge in [0.1, 0.15) is 17.0 Å². The fourth-order valence-electron chi connectivity index (χ4n) is 2.64. The van der Waals surface area contributed by atoms with Crippen molar-refractivity contribution in [2.24, 2.45) is 0 Å². The number of benzene rings is 1. The molecule has 0 radical (unpaired) electrons. The van der Waals surface area contributed by atoms with Gasteiger partial charge in [-0.15, -0.1) is 0 Å². The van der Waals surface area contributed by atoms with Crippen LogP contribution in [0.25, 0.3) is 5.65 Å². The van der Waals surface area contributed by atoms with Crippen LogP contribution in [0.2, 0.25) is 0 Å². The van der Waals surface area contributed by atoms with Gasteiger partial charge in [-0.2, -0.15) is 5.10 Å². The second-order valence-electron chi connectivity index (χ2n) is 5.66. The van der Waals surface area contributed by atoms with Gasteiger partial charge in [0.05, 0.1) is 23.8 Å². The lowest BCUT2D eigenvalue weighted by molar-refractivity contribution is -0.384. The predicted molar refractivity (Wildman–Crippen MR) is 94.7 cm³/mol. The first-order chi connectivity index (χ1) is 12.4. The van der Waals surface area contributed by atoms with Gasteiger partial charge in [-0.3, -0.25) is 14.9 Å². The summed E-state index contributed by atoms with van der Waals surface area (Å²) in [5.74, 6) is -0.161. The van der Waals surface area contributed by atoms with Crippen molar-refractivity contribution in [3.63, 3.8) is 0 Å². The first-order valence-electron chi connectivity index (χ1n) is 7.95. The van der Waals surface area contributed by atoms with Crippen LogP contribution in [0.15, 0.2) is 30.5 Å². The third-order valence-electron chi connectivity index (χ3n) is 3.75. The van der Waals surface area contributed by atoms with Crippen LogP contribution in [-0.4, -0.2) is 32.0 Å². The third-order valence-corrected chi connectivity index (χ3v) is 3.75. The van der Waals surface area contributed by atoms with Crippen LogP contribution in [0.3, 0.4) is 0 Å². The molecule has 3 rings (SSSR count). The Labute approximate surface area is 148 Å². The van der Waals surface area contributed by atoms with Crippen molar-refractivity contribution >= 4 is 22.9 Å². The van der Waals surface area contributed by atoms with Crippen LogP contribution in [0.5, 0.6) is 5.75 Å². The summed E-state index contributed by atoms with van der Waals surface area (Å²) < 4.78 is 6.82. The van der Waals surface area contributed by atoms with Gasteiger partial charge in [0, 0.05) is 11.4 Å². The minimum atomic E-state index is -0.569. The second kappa shape index (κ2) is 6.79. The van der Waals surface area contributed by atoms with Gasteiger partial charge in [0.25, 0.3) is 11.6 Å². The van der Waals surface area contributed by atoms with Crippen molar-refractivity contribution in [1.82, 2.24) is 14.6 Å². The lowest BCUT2D eigenvalue weighted by Gasteiger charge is -2.08. The van der Waals surface area contributed by atoms with Gasteiger partial charge in [0.2, 0.25) is 0 Å². The van der Waals surface area contributed by atoms with Gasteiger partial charge in [-0.1, -0.05) is 0 Å². The monoisotopic (exact) mass is 355 g/mol. The summed E-state index contributed by atoms with van der Waals surface area (Å²) in [7, 11) is 0. The van der Waals surface area contributed by atoms with Gasteiger partial charge in [0.15, 0.2) is 5.65 Å². The van der Waals surface area contributed by atoms with Gasteiger partial charge >= 0.3 is 0 Å². The summed E-state index contributed by atoms with van der Waals surface area (Å²) in [4.78, 5) is 27.7. The van der Waals surface area contributed by atoms with E-state index in [0.717, 1.165) is 11.4 Å². The molecular formula is C17H17N5O4. The second-order valence-corrected chi connectivity index (χ2v) is 5.66. The summed E-state index contributed by atoms with van der Waals surface area (Å²) in [5, 5.41) is 18.0. The molecule has 0 spiro atoms. The number of nitro groups is 1. The first-order valence-corrected chi connectivity index (χ1v) is 7.95. The molecule has 1 N–H and O–H groups in total. The number of hydrogen-bond acceptors (Lipinski definition) is 6. The molecule has 0 aliphatic carbocycles. The zero-order chi connectivity index (χ0) is 18.8. The number of aromatic nitrogens is 3.